The van der Waals surface area contributed by atoms with Crippen LogP contribution >= 0.6 is 0 Å². The van der Waals surface area contributed by atoms with Crippen LogP contribution in [0.15, 0.2) is 72.8 Å². The summed E-state index contributed by atoms with van der Waals surface area (Å²) in [4.78, 5) is 49.1. The van der Waals surface area contributed by atoms with Crippen LogP contribution in [0.2, 0.25) is 0 Å². The topological polar surface area (TPSA) is 128 Å². The fourth-order valence-electron chi connectivity index (χ4n) is 3.82. The van der Waals surface area contributed by atoms with E-state index in [4.69, 9.17) is 5.11 Å². The van der Waals surface area contributed by atoms with Gasteiger partial charge in [-0.05, 0) is 53.9 Å². The summed E-state index contributed by atoms with van der Waals surface area (Å²) in [6.45, 7) is 3.27. The van der Waals surface area contributed by atoms with Crippen LogP contribution in [-0.4, -0.2) is 36.0 Å². The second kappa shape index (κ2) is 12.3. The van der Waals surface area contributed by atoms with Gasteiger partial charge in [-0.25, -0.2) is 4.79 Å². The number of aliphatic carboxylic acids is 1. The molecule has 0 fully saturated rings. The number of aryl methyl sites for hydroxylation is 1. The summed E-state index contributed by atoms with van der Waals surface area (Å²) in [5, 5.41) is 17.4. The maximum Gasteiger partial charge on any atom is 0.326 e. The monoisotopic (exact) mass is 502 g/mol. The molecule has 37 heavy (non-hydrogen) atoms. The highest BCUT2D eigenvalue weighted by Crippen LogP contribution is 2.21. The molecule has 0 aromatic heterocycles. The minimum atomic E-state index is -1.03. The van der Waals surface area contributed by atoms with Gasteiger partial charge in [0, 0.05) is 31.0 Å². The van der Waals surface area contributed by atoms with Gasteiger partial charge in [0.1, 0.15) is 0 Å². The summed E-state index contributed by atoms with van der Waals surface area (Å²) in [7, 11) is 1.70. The van der Waals surface area contributed by atoms with Crippen molar-refractivity contribution in [3.8, 4) is 0 Å². The first kappa shape index (κ1) is 26.9. The van der Waals surface area contributed by atoms with E-state index in [0.29, 0.717) is 16.9 Å². The van der Waals surface area contributed by atoms with Crippen LogP contribution in [0.3, 0.4) is 0 Å². The van der Waals surface area contributed by atoms with Crippen LogP contribution < -0.4 is 20.9 Å². The summed E-state index contributed by atoms with van der Waals surface area (Å²) in [6, 6.07) is 20.4. The number of carboxylic acids is 1. The molecule has 4 amide bonds. The van der Waals surface area contributed by atoms with Crippen LogP contribution in [0, 0.1) is 6.92 Å². The van der Waals surface area contributed by atoms with Crippen LogP contribution in [0.1, 0.15) is 36.1 Å². The molecule has 0 saturated heterocycles. The van der Waals surface area contributed by atoms with Crippen LogP contribution in [-0.2, 0) is 20.8 Å². The molecule has 9 nitrogen and oxygen atoms in total. The summed E-state index contributed by atoms with van der Waals surface area (Å²) >= 11 is 0. The lowest BCUT2D eigenvalue weighted by molar-refractivity contribution is -0.137. The van der Waals surface area contributed by atoms with Gasteiger partial charge in [0.05, 0.1) is 18.9 Å². The quantitative estimate of drug-likeness (QED) is 0.343. The maximum absolute atomic E-state index is 12.6. The molecular weight excluding hydrogens is 472 g/mol. The van der Waals surface area contributed by atoms with E-state index >= 15 is 0 Å². The number of nitrogens with zero attached hydrogens (tertiary/aromatic N) is 1. The number of para-hydroxylation sites is 1. The Labute approximate surface area is 215 Å². The highest BCUT2D eigenvalue weighted by Gasteiger charge is 2.17. The lowest BCUT2D eigenvalue weighted by Crippen LogP contribution is -2.31. The fraction of sp³-hybridized carbons (Fsp3) is 0.214. The molecule has 3 rings (SSSR count). The summed E-state index contributed by atoms with van der Waals surface area (Å²) < 4.78 is 0. The Balaban J connectivity index is 1.55. The Bertz CT molecular complexity index is 1260. The van der Waals surface area contributed by atoms with Crippen molar-refractivity contribution < 1.29 is 24.3 Å². The first-order valence-electron chi connectivity index (χ1n) is 11.7. The largest absolute Gasteiger partial charge is 0.481 e. The van der Waals surface area contributed by atoms with Crippen molar-refractivity contribution in [2.24, 2.45) is 0 Å². The van der Waals surface area contributed by atoms with E-state index in [9.17, 15) is 19.2 Å². The average molecular weight is 503 g/mol. The lowest BCUT2D eigenvalue weighted by atomic mass is 10.0. The van der Waals surface area contributed by atoms with Gasteiger partial charge >= 0.3 is 12.0 Å². The summed E-state index contributed by atoms with van der Waals surface area (Å²) in [6.07, 6.45) is -0.115. The Morgan fingerprint density at radius 1 is 0.865 bits per heavy atom. The van der Waals surface area contributed by atoms with E-state index in [0.717, 1.165) is 16.8 Å². The number of amides is 4. The molecule has 0 aliphatic rings. The normalized spacial score (nSPS) is 11.2. The van der Waals surface area contributed by atoms with Crippen molar-refractivity contribution in [3.63, 3.8) is 0 Å². The molecule has 1 unspecified atom stereocenters. The van der Waals surface area contributed by atoms with Gasteiger partial charge in [-0.1, -0.05) is 42.5 Å². The Morgan fingerprint density at radius 2 is 1.46 bits per heavy atom. The number of urea groups is 1. The molecule has 3 aromatic carbocycles. The zero-order valence-corrected chi connectivity index (χ0v) is 20.9. The van der Waals surface area contributed by atoms with Gasteiger partial charge in [-0.15, -0.1) is 0 Å². The maximum atomic E-state index is 12.6. The number of carbonyl (C=O) groups is 4. The van der Waals surface area contributed by atoms with Gasteiger partial charge in [-0.3, -0.25) is 19.3 Å². The molecule has 0 heterocycles. The van der Waals surface area contributed by atoms with E-state index in [-0.39, 0.29) is 30.7 Å². The second-order valence-corrected chi connectivity index (χ2v) is 8.67. The minimum absolute atomic E-state index is 0.132. The van der Waals surface area contributed by atoms with Gasteiger partial charge in [0.25, 0.3) is 0 Å². The Kier molecular flexibility index (Phi) is 8.99. The van der Waals surface area contributed by atoms with E-state index in [1.807, 2.05) is 31.2 Å². The van der Waals surface area contributed by atoms with Crippen molar-refractivity contribution in [1.29, 1.82) is 0 Å². The predicted octanol–water partition coefficient (Wildman–Crippen LogP) is 4.50. The average Bonchev–Trinajstić information content (AvgIpc) is 2.84. The zero-order chi connectivity index (χ0) is 26.9. The fourth-order valence-corrected chi connectivity index (χ4v) is 3.82. The summed E-state index contributed by atoms with van der Waals surface area (Å²) in [5.74, 6) is -1.58. The highest BCUT2D eigenvalue weighted by atomic mass is 16.4. The number of hydrogen-bond donors (Lipinski definition) is 4. The smallest absolute Gasteiger partial charge is 0.326 e. The molecular formula is C28H30N4O5. The van der Waals surface area contributed by atoms with E-state index in [2.05, 4.69) is 16.0 Å². The molecule has 0 aliphatic heterocycles. The molecule has 0 bridgehead atoms. The van der Waals surface area contributed by atoms with Crippen molar-refractivity contribution in [2.75, 3.05) is 22.6 Å². The number of anilines is 3. The first-order chi connectivity index (χ1) is 17.6. The van der Waals surface area contributed by atoms with Crippen LogP contribution in [0.4, 0.5) is 21.9 Å². The molecule has 4 N–H and O–H groups in total. The molecule has 9 heteroatoms. The number of rotatable bonds is 9. The minimum Gasteiger partial charge on any atom is -0.481 e. The number of benzene rings is 3. The van der Waals surface area contributed by atoms with Gasteiger partial charge in [0.15, 0.2) is 0 Å². The second-order valence-electron chi connectivity index (χ2n) is 8.67. The van der Waals surface area contributed by atoms with E-state index in [1.165, 1.54) is 6.92 Å². The van der Waals surface area contributed by atoms with Crippen molar-refractivity contribution in [2.45, 2.75) is 32.7 Å². The first-order valence-corrected chi connectivity index (χ1v) is 11.7. The van der Waals surface area contributed by atoms with Gasteiger partial charge < -0.3 is 21.1 Å². The standard InChI is InChI=1S/C28H30N4O5/c1-18-6-4-5-7-25(18)32(3)28(37)31-23-12-8-20(9-13-23)16-26(34)30-22-14-10-21(11-15-22)24(17-27(35)36)29-19(2)33/h4-15,24H,16-17H2,1-3H3,(H,29,33)(H,30,34)(H,31,37)(H,35,36). The Hall–Kier alpha value is -4.66. The van der Waals surface area contributed by atoms with Crippen LogP contribution in [0.25, 0.3) is 0 Å². The number of nitrogens with one attached hydrogen (secondary N) is 3. The number of carboxylic acid groups (broad SMARTS) is 1. The van der Waals surface area contributed by atoms with Crippen molar-refractivity contribution >= 4 is 40.9 Å². The SMILES string of the molecule is CC(=O)NC(CC(=O)O)c1ccc(NC(=O)Cc2ccc(NC(=O)N(C)c3ccccc3C)cc2)cc1. The number of hydrogen-bond acceptors (Lipinski definition) is 4. The van der Waals surface area contributed by atoms with Gasteiger partial charge in [-0.2, -0.15) is 0 Å². The van der Waals surface area contributed by atoms with E-state index < -0.39 is 12.0 Å². The highest BCUT2D eigenvalue weighted by molar-refractivity contribution is 6.01. The van der Waals surface area contributed by atoms with Crippen molar-refractivity contribution in [1.82, 2.24) is 5.32 Å². The zero-order valence-electron chi connectivity index (χ0n) is 20.9. The molecule has 0 aliphatic carbocycles. The molecule has 0 spiro atoms. The summed E-state index contributed by atoms with van der Waals surface area (Å²) in [5.41, 5.74) is 4.36. The molecule has 192 valence electrons. The number of carbonyl (C=O) groups excluding carboxylic acids is 3. The third-order valence-electron chi connectivity index (χ3n) is 5.70. The molecule has 0 radical (unpaired) electrons. The Morgan fingerprint density at radius 3 is 2.05 bits per heavy atom. The predicted molar refractivity (Wildman–Crippen MR) is 143 cm³/mol. The van der Waals surface area contributed by atoms with Crippen LogP contribution in [0.5, 0.6) is 0 Å². The third-order valence-corrected chi connectivity index (χ3v) is 5.70. The third kappa shape index (κ3) is 7.93. The molecule has 0 saturated carbocycles. The lowest BCUT2D eigenvalue weighted by Gasteiger charge is -2.20. The van der Waals surface area contributed by atoms with E-state index in [1.54, 1.807) is 60.5 Å². The van der Waals surface area contributed by atoms with Crippen molar-refractivity contribution in [3.05, 3.63) is 89.5 Å². The molecule has 3 aromatic rings. The molecule has 1 atom stereocenters. The van der Waals surface area contributed by atoms with Gasteiger partial charge in [0.2, 0.25) is 11.8 Å².